The Morgan fingerprint density at radius 3 is 2.46 bits per heavy atom. The number of fused-ring (bicyclic) bond motifs is 1. The molecular weight excluding hydrogens is 423 g/mol. The van der Waals surface area contributed by atoms with Crippen molar-refractivity contribution in [3.63, 3.8) is 0 Å². The van der Waals surface area contributed by atoms with E-state index in [-0.39, 0.29) is 16.6 Å². The first-order valence-corrected chi connectivity index (χ1v) is 10.4. The minimum atomic E-state index is -4.14. The number of carbonyl (C=O) groups is 1. The summed E-state index contributed by atoms with van der Waals surface area (Å²) in [4.78, 5) is 15.4. The lowest BCUT2D eigenvalue weighted by atomic mass is 10.2. The maximum atomic E-state index is 13.3. The normalized spacial score (nSPS) is 13.0. The van der Waals surface area contributed by atoms with Gasteiger partial charge in [-0.25, -0.2) is 13.4 Å². The topological polar surface area (TPSA) is 87.6 Å². The van der Waals surface area contributed by atoms with Gasteiger partial charge in [-0.15, -0.1) is 0 Å². The molecule has 1 heterocycles. The third-order valence-electron chi connectivity index (χ3n) is 4.34. The van der Waals surface area contributed by atoms with Crippen LogP contribution in [0.25, 0.3) is 10.8 Å². The minimum absolute atomic E-state index is 0.0871. The number of halogens is 2. The fourth-order valence-corrected chi connectivity index (χ4v) is 4.79. The lowest BCUT2D eigenvalue weighted by Gasteiger charge is -2.26. The van der Waals surface area contributed by atoms with Crippen LogP contribution in [-0.2, 0) is 21.4 Å². The summed E-state index contributed by atoms with van der Waals surface area (Å²) in [5, 5.41) is 10.8. The Morgan fingerprint density at radius 1 is 1.14 bits per heavy atom. The molecule has 0 unspecified atom stereocenters. The van der Waals surface area contributed by atoms with Crippen LogP contribution in [0.3, 0.4) is 0 Å². The highest BCUT2D eigenvalue weighted by Crippen LogP contribution is 2.31. The molecule has 0 aliphatic carbocycles. The molecule has 1 aromatic heterocycles. The first-order chi connectivity index (χ1) is 13.2. The van der Waals surface area contributed by atoms with Crippen LogP contribution >= 0.6 is 23.2 Å². The van der Waals surface area contributed by atoms with Crippen molar-refractivity contribution in [1.29, 1.82) is 0 Å². The van der Waals surface area contributed by atoms with Crippen LogP contribution in [0, 0.1) is 0 Å². The molecule has 6 nitrogen and oxygen atoms in total. The van der Waals surface area contributed by atoms with E-state index in [1.54, 1.807) is 30.3 Å². The van der Waals surface area contributed by atoms with Crippen LogP contribution in [0.5, 0.6) is 0 Å². The molecule has 0 fully saturated rings. The zero-order chi connectivity index (χ0) is 20.5. The maximum absolute atomic E-state index is 13.3. The number of benzene rings is 2. The molecule has 1 atom stereocenters. The molecule has 28 heavy (non-hydrogen) atoms. The Balaban J connectivity index is 2.12. The number of nitrogens with zero attached hydrogens (tertiary/aromatic N) is 2. The molecule has 3 rings (SSSR count). The number of hydrogen-bond acceptors (Lipinski definition) is 4. The minimum Gasteiger partial charge on any atom is -0.480 e. The van der Waals surface area contributed by atoms with Gasteiger partial charge in [0.15, 0.2) is 0 Å². The van der Waals surface area contributed by atoms with Gasteiger partial charge in [0.05, 0.1) is 9.92 Å². The molecule has 1 N–H and O–H groups in total. The van der Waals surface area contributed by atoms with Crippen LogP contribution in [0.15, 0.2) is 59.6 Å². The third-order valence-corrected chi connectivity index (χ3v) is 6.85. The molecular formula is C19H16Cl2N2O4S. The van der Waals surface area contributed by atoms with E-state index in [9.17, 15) is 18.3 Å². The highest BCUT2D eigenvalue weighted by molar-refractivity contribution is 7.89. The van der Waals surface area contributed by atoms with E-state index in [2.05, 4.69) is 4.98 Å². The maximum Gasteiger partial charge on any atom is 0.321 e. The summed E-state index contributed by atoms with van der Waals surface area (Å²) in [7, 11) is -4.14. The predicted molar refractivity (Wildman–Crippen MR) is 108 cm³/mol. The summed E-state index contributed by atoms with van der Waals surface area (Å²) < 4.78 is 27.5. The van der Waals surface area contributed by atoms with Gasteiger partial charge in [0, 0.05) is 23.5 Å². The van der Waals surface area contributed by atoms with E-state index < -0.39 is 22.0 Å². The quantitative estimate of drug-likeness (QED) is 0.582. The SMILES string of the molecule is C[C@@H](C(=O)O)N(Cc1ccccc1)S(=O)(=O)c1ccc2c(Cl)cnc(Cl)c2c1. The van der Waals surface area contributed by atoms with Gasteiger partial charge < -0.3 is 5.11 Å². The Kier molecular flexibility index (Phi) is 5.90. The number of rotatable bonds is 6. The summed E-state index contributed by atoms with van der Waals surface area (Å²) >= 11 is 12.2. The molecule has 0 aliphatic heterocycles. The monoisotopic (exact) mass is 438 g/mol. The van der Waals surface area contributed by atoms with Gasteiger partial charge in [-0.2, -0.15) is 4.31 Å². The van der Waals surface area contributed by atoms with Crippen molar-refractivity contribution in [1.82, 2.24) is 9.29 Å². The molecule has 0 saturated carbocycles. The van der Waals surface area contributed by atoms with E-state index in [1.165, 1.54) is 31.3 Å². The Hall–Kier alpha value is -2.19. The molecule has 0 bridgehead atoms. The van der Waals surface area contributed by atoms with Crippen LogP contribution in [0.1, 0.15) is 12.5 Å². The highest BCUT2D eigenvalue weighted by Gasteiger charge is 2.33. The molecule has 9 heteroatoms. The standard InChI is InChI=1S/C19H16Cl2N2O4S/c1-12(19(24)25)23(11-13-5-3-2-4-6-13)28(26,27)14-7-8-15-16(9-14)18(21)22-10-17(15)20/h2-10,12H,11H2,1H3,(H,24,25)/t12-/m0/s1. The molecule has 0 amide bonds. The first-order valence-electron chi connectivity index (χ1n) is 8.24. The lowest BCUT2D eigenvalue weighted by molar-refractivity contribution is -0.141. The second-order valence-electron chi connectivity index (χ2n) is 6.15. The van der Waals surface area contributed by atoms with Crippen molar-refractivity contribution in [2.24, 2.45) is 0 Å². The average Bonchev–Trinajstić information content (AvgIpc) is 2.68. The van der Waals surface area contributed by atoms with Crippen LogP contribution < -0.4 is 0 Å². The van der Waals surface area contributed by atoms with E-state index in [0.29, 0.717) is 21.4 Å². The van der Waals surface area contributed by atoms with E-state index in [0.717, 1.165) is 4.31 Å². The second-order valence-corrected chi connectivity index (χ2v) is 8.81. The van der Waals surface area contributed by atoms with Gasteiger partial charge >= 0.3 is 5.97 Å². The summed E-state index contributed by atoms with van der Waals surface area (Å²) in [6.45, 7) is 1.24. The predicted octanol–water partition coefficient (Wildman–Crippen LogP) is 4.21. The van der Waals surface area contributed by atoms with Crippen LogP contribution in [0.4, 0.5) is 0 Å². The van der Waals surface area contributed by atoms with E-state index >= 15 is 0 Å². The Labute approximate surface area is 172 Å². The van der Waals surface area contributed by atoms with Gasteiger partial charge in [-0.05, 0) is 24.6 Å². The first kappa shape index (κ1) is 20.5. The van der Waals surface area contributed by atoms with Crippen molar-refractivity contribution >= 4 is 50.0 Å². The molecule has 0 aliphatic rings. The molecule has 0 saturated heterocycles. The number of hydrogen-bond donors (Lipinski definition) is 1. The summed E-state index contributed by atoms with van der Waals surface area (Å²) in [5.74, 6) is -1.25. The zero-order valence-corrected chi connectivity index (χ0v) is 17.0. The molecule has 2 aromatic carbocycles. The van der Waals surface area contributed by atoms with E-state index in [4.69, 9.17) is 23.2 Å². The Morgan fingerprint density at radius 2 is 1.82 bits per heavy atom. The fraction of sp³-hybridized carbons (Fsp3) is 0.158. The number of aliphatic carboxylic acids is 1. The van der Waals surface area contributed by atoms with Crippen LogP contribution in [0.2, 0.25) is 10.2 Å². The number of carboxylic acids is 1. The average molecular weight is 439 g/mol. The smallest absolute Gasteiger partial charge is 0.321 e. The molecule has 0 spiro atoms. The number of sulfonamides is 1. The number of carboxylic acid groups (broad SMARTS) is 1. The van der Waals surface area contributed by atoms with Gasteiger partial charge in [0.25, 0.3) is 0 Å². The van der Waals surface area contributed by atoms with Crippen molar-refractivity contribution in [3.8, 4) is 0 Å². The Bertz CT molecular complexity index is 1140. The largest absolute Gasteiger partial charge is 0.480 e. The zero-order valence-electron chi connectivity index (χ0n) is 14.7. The summed E-state index contributed by atoms with van der Waals surface area (Å²) in [6, 6.07) is 11.8. The molecule has 0 radical (unpaired) electrons. The molecule has 146 valence electrons. The van der Waals surface area contributed by atoms with Gasteiger partial charge in [-0.3, -0.25) is 4.79 Å². The molecule has 3 aromatic rings. The van der Waals surface area contributed by atoms with Crippen LogP contribution in [-0.4, -0.2) is 34.8 Å². The van der Waals surface area contributed by atoms with Crippen molar-refractivity contribution in [2.45, 2.75) is 24.4 Å². The van der Waals surface area contributed by atoms with E-state index in [1.807, 2.05) is 0 Å². The van der Waals surface area contributed by atoms with Crippen molar-refractivity contribution < 1.29 is 18.3 Å². The number of pyridine rings is 1. The van der Waals surface area contributed by atoms with Crippen molar-refractivity contribution in [3.05, 3.63) is 70.5 Å². The number of aromatic nitrogens is 1. The second kappa shape index (κ2) is 8.05. The van der Waals surface area contributed by atoms with Gasteiger partial charge in [0.1, 0.15) is 11.2 Å². The highest BCUT2D eigenvalue weighted by atomic mass is 35.5. The van der Waals surface area contributed by atoms with Gasteiger partial charge in [-0.1, -0.05) is 59.6 Å². The lowest BCUT2D eigenvalue weighted by Crippen LogP contribution is -2.42. The van der Waals surface area contributed by atoms with Gasteiger partial charge in [0.2, 0.25) is 10.0 Å². The summed E-state index contributed by atoms with van der Waals surface area (Å²) in [6.07, 6.45) is 1.38. The fourth-order valence-electron chi connectivity index (χ4n) is 2.77. The third kappa shape index (κ3) is 3.98. The van der Waals surface area contributed by atoms with Crippen molar-refractivity contribution in [2.75, 3.05) is 0 Å². The summed E-state index contributed by atoms with van der Waals surface area (Å²) in [5.41, 5.74) is 0.669.